The highest BCUT2D eigenvalue weighted by Gasteiger charge is 2.27. The van der Waals surface area contributed by atoms with Gasteiger partial charge in [0.15, 0.2) is 6.61 Å². The van der Waals surface area contributed by atoms with Gasteiger partial charge >= 0.3 is 5.97 Å². The fraction of sp³-hybridized carbons (Fsp3) is 0.333. The van der Waals surface area contributed by atoms with Crippen LogP contribution < -0.4 is 0 Å². The molecule has 3 rings (SSSR count). The Kier molecular flexibility index (Phi) is 5.26. The molecule has 5 nitrogen and oxygen atoms in total. The molecule has 0 radical (unpaired) electrons. The van der Waals surface area contributed by atoms with Crippen molar-refractivity contribution >= 4 is 11.9 Å². The predicted molar refractivity (Wildman–Crippen MR) is 98.0 cm³/mol. The number of likely N-dealkylation sites (N-methyl/N-ethyl adjacent to an activating group) is 1. The number of phenolic OH excluding ortho intramolecular Hbond substituents is 1. The molecule has 0 unspecified atom stereocenters. The normalized spacial score (nSPS) is 15.8. The SMILES string of the molecule is Cc1ccc(O)c(C(=O)OCC(=O)N(C)[C@H]2CCCc3ccccc32)c1. The number of fused-ring (bicyclic) bond motifs is 1. The summed E-state index contributed by atoms with van der Waals surface area (Å²) in [7, 11) is 1.74. The molecule has 0 saturated carbocycles. The first kappa shape index (κ1) is 18.0. The van der Waals surface area contributed by atoms with Gasteiger partial charge in [0.1, 0.15) is 11.3 Å². The van der Waals surface area contributed by atoms with E-state index in [1.165, 1.54) is 11.6 Å². The number of hydrogen-bond acceptors (Lipinski definition) is 4. The molecule has 0 fully saturated rings. The highest BCUT2D eigenvalue weighted by atomic mass is 16.5. The van der Waals surface area contributed by atoms with Crippen molar-refractivity contribution < 1.29 is 19.4 Å². The Labute approximate surface area is 153 Å². The monoisotopic (exact) mass is 353 g/mol. The van der Waals surface area contributed by atoms with Crippen molar-refractivity contribution in [2.24, 2.45) is 0 Å². The van der Waals surface area contributed by atoms with Gasteiger partial charge in [-0.05, 0) is 49.4 Å². The second-order valence-corrected chi connectivity index (χ2v) is 6.71. The topological polar surface area (TPSA) is 66.8 Å². The zero-order chi connectivity index (χ0) is 18.7. The first-order chi connectivity index (χ1) is 12.5. The Hall–Kier alpha value is -2.82. The number of phenols is 1. The van der Waals surface area contributed by atoms with E-state index in [1.807, 2.05) is 19.1 Å². The third kappa shape index (κ3) is 3.72. The van der Waals surface area contributed by atoms with Gasteiger partial charge in [-0.2, -0.15) is 0 Å². The van der Waals surface area contributed by atoms with Gasteiger partial charge in [-0.3, -0.25) is 4.79 Å². The van der Waals surface area contributed by atoms with E-state index in [9.17, 15) is 14.7 Å². The molecule has 0 spiro atoms. The lowest BCUT2D eigenvalue weighted by atomic mass is 9.87. The molecule has 1 aliphatic carbocycles. The number of carbonyl (C=O) groups is 2. The number of amides is 1. The molecule has 1 atom stereocenters. The Morgan fingerprint density at radius 1 is 1.23 bits per heavy atom. The molecule has 0 aromatic heterocycles. The molecule has 26 heavy (non-hydrogen) atoms. The minimum absolute atomic E-state index is 0.00137. The number of benzene rings is 2. The molecule has 1 amide bonds. The van der Waals surface area contributed by atoms with Crippen LogP contribution in [0.5, 0.6) is 5.75 Å². The minimum atomic E-state index is -0.697. The lowest BCUT2D eigenvalue weighted by Gasteiger charge is -2.33. The van der Waals surface area contributed by atoms with Crippen molar-refractivity contribution in [1.82, 2.24) is 4.90 Å². The Bertz CT molecular complexity index is 831. The molecule has 5 heteroatoms. The summed E-state index contributed by atoms with van der Waals surface area (Å²) in [5.74, 6) is -1.10. The van der Waals surface area contributed by atoms with Gasteiger partial charge in [0.25, 0.3) is 5.91 Å². The quantitative estimate of drug-likeness (QED) is 0.856. The molecule has 0 bridgehead atoms. The number of esters is 1. The van der Waals surface area contributed by atoms with Gasteiger partial charge in [-0.1, -0.05) is 35.9 Å². The largest absolute Gasteiger partial charge is 0.507 e. The van der Waals surface area contributed by atoms with E-state index in [1.54, 1.807) is 24.1 Å². The fourth-order valence-electron chi connectivity index (χ4n) is 3.42. The van der Waals surface area contributed by atoms with Gasteiger partial charge in [0.05, 0.1) is 6.04 Å². The van der Waals surface area contributed by atoms with E-state index < -0.39 is 5.97 Å². The van der Waals surface area contributed by atoms with Crippen molar-refractivity contribution in [3.05, 3.63) is 64.7 Å². The lowest BCUT2D eigenvalue weighted by Crippen LogP contribution is -2.36. The zero-order valence-electron chi connectivity index (χ0n) is 15.1. The molecule has 2 aromatic rings. The lowest BCUT2D eigenvalue weighted by molar-refractivity contribution is -0.135. The van der Waals surface area contributed by atoms with Crippen LogP contribution in [0.4, 0.5) is 0 Å². The van der Waals surface area contributed by atoms with Crippen molar-refractivity contribution in [2.75, 3.05) is 13.7 Å². The molecule has 0 heterocycles. The smallest absolute Gasteiger partial charge is 0.342 e. The minimum Gasteiger partial charge on any atom is -0.507 e. The number of carbonyl (C=O) groups excluding carboxylic acids is 2. The second-order valence-electron chi connectivity index (χ2n) is 6.71. The van der Waals surface area contributed by atoms with Gasteiger partial charge in [0.2, 0.25) is 0 Å². The van der Waals surface area contributed by atoms with Crippen LogP contribution in [-0.2, 0) is 16.0 Å². The average molecular weight is 353 g/mol. The average Bonchev–Trinajstić information content (AvgIpc) is 2.66. The molecular formula is C21H23NO4. The third-order valence-corrected chi connectivity index (χ3v) is 4.90. The van der Waals surface area contributed by atoms with Crippen LogP contribution in [0.1, 0.15) is 45.9 Å². The van der Waals surface area contributed by atoms with Gasteiger partial charge in [0, 0.05) is 7.05 Å². The molecule has 136 valence electrons. The Morgan fingerprint density at radius 2 is 2.00 bits per heavy atom. The Balaban J connectivity index is 1.65. The van der Waals surface area contributed by atoms with E-state index in [2.05, 4.69) is 12.1 Å². The van der Waals surface area contributed by atoms with E-state index in [-0.39, 0.29) is 29.9 Å². The maximum atomic E-state index is 12.5. The summed E-state index contributed by atoms with van der Waals surface area (Å²) < 4.78 is 5.14. The van der Waals surface area contributed by atoms with Crippen molar-refractivity contribution in [3.63, 3.8) is 0 Å². The van der Waals surface area contributed by atoms with E-state index in [4.69, 9.17) is 4.74 Å². The number of ether oxygens (including phenoxy) is 1. The number of aryl methyl sites for hydroxylation is 2. The number of aromatic hydroxyl groups is 1. The van der Waals surface area contributed by atoms with Crippen LogP contribution in [0.3, 0.4) is 0 Å². The summed E-state index contributed by atoms with van der Waals surface area (Å²) in [4.78, 5) is 26.3. The maximum absolute atomic E-state index is 12.5. The summed E-state index contributed by atoms with van der Waals surface area (Å²) in [6.07, 6.45) is 2.94. The van der Waals surface area contributed by atoms with Gasteiger partial charge in [-0.15, -0.1) is 0 Å². The first-order valence-electron chi connectivity index (χ1n) is 8.77. The van der Waals surface area contributed by atoms with Crippen LogP contribution in [0.25, 0.3) is 0 Å². The van der Waals surface area contributed by atoms with Crippen LogP contribution >= 0.6 is 0 Å². The summed E-state index contributed by atoms with van der Waals surface area (Å²) in [6, 6.07) is 12.8. The van der Waals surface area contributed by atoms with E-state index >= 15 is 0 Å². The highest BCUT2D eigenvalue weighted by molar-refractivity contribution is 5.94. The molecule has 2 aromatic carbocycles. The van der Waals surface area contributed by atoms with Gasteiger partial charge in [-0.25, -0.2) is 4.79 Å². The van der Waals surface area contributed by atoms with Crippen molar-refractivity contribution in [1.29, 1.82) is 0 Å². The first-order valence-corrected chi connectivity index (χ1v) is 8.77. The number of nitrogens with zero attached hydrogens (tertiary/aromatic N) is 1. The highest BCUT2D eigenvalue weighted by Crippen LogP contribution is 2.33. The zero-order valence-corrected chi connectivity index (χ0v) is 15.1. The second kappa shape index (κ2) is 7.60. The molecule has 0 saturated heterocycles. The third-order valence-electron chi connectivity index (χ3n) is 4.90. The summed E-state index contributed by atoms with van der Waals surface area (Å²) in [6.45, 7) is 1.47. The van der Waals surface area contributed by atoms with Gasteiger partial charge < -0.3 is 14.7 Å². The van der Waals surface area contributed by atoms with Crippen molar-refractivity contribution in [2.45, 2.75) is 32.2 Å². The van der Waals surface area contributed by atoms with Crippen LogP contribution in [0, 0.1) is 6.92 Å². The summed E-state index contributed by atoms with van der Waals surface area (Å²) >= 11 is 0. The van der Waals surface area contributed by atoms with E-state index in [0.717, 1.165) is 30.4 Å². The number of rotatable bonds is 4. The summed E-state index contributed by atoms with van der Waals surface area (Å²) in [5.41, 5.74) is 3.34. The van der Waals surface area contributed by atoms with Crippen molar-refractivity contribution in [3.8, 4) is 5.75 Å². The standard InChI is InChI=1S/C21H23NO4/c1-14-10-11-19(23)17(12-14)21(25)26-13-20(24)22(2)18-9-5-7-15-6-3-4-8-16(15)18/h3-4,6,8,10-12,18,23H,5,7,9,13H2,1-2H3/t18-/m0/s1. The summed E-state index contributed by atoms with van der Waals surface area (Å²) in [5, 5.41) is 9.80. The molecule has 1 N–H and O–H groups in total. The van der Waals surface area contributed by atoms with Crippen LogP contribution in [0.15, 0.2) is 42.5 Å². The maximum Gasteiger partial charge on any atom is 0.342 e. The predicted octanol–water partition coefficient (Wildman–Crippen LogP) is 3.39. The number of hydrogen-bond donors (Lipinski definition) is 1. The van der Waals surface area contributed by atoms with E-state index in [0.29, 0.717) is 0 Å². The Morgan fingerprint density at radius 3 is 2.81 bits per heavy atom. The molecule has 1 aliphatic rings. The van der Waals surface area contributed by atoms with Crippen LogP contribution in [-0.4, -0.2) is 35.5 Å². The van der Waals surface area contributed by atoms with Crippen LogP contribution in [0.2, 0.25) is 0 Å². The molecule has 0 aliphatic heterocycles. The fourth-order valence-corrected chi connectivity index (χ4v) is 3.42. The molecular weight excluding hydrogens is 330 g/mol.